The Morgan fingerprint density at radius 1 is 1.16 bits per heavy atom. The summed E-state index contributed by atoms with van der Waals surface area (Å²) in [7, 11) is 0. The molecule has 5 nitrogen and oxygen atoms in total. The van der Waals surface area contributed by atoms with E-state index in [1.165, 1.54) is 12.8 Å². The van der Waals surface area contributed by atoms with Crippen molar-refractivity contribution in [3.8, 4) is 0 Å². The molecule has 1 amide bonds. The van der Waals surface area contributed by atoms with E-state index in [-0.39, 0.29) is 10.8 Å². The number of hydrogen-bond donors (Lipinski definition) is 1. The summed E-state index contributed by atoms with van der Waals surface area (Å²) in [6.45, 7) is 13.3. The summed E-state index contributed by atoms with van der Waals surface area (Å²) >= 11 is -1.01. The van der Waals surface area contributed by atoms with Crippen molar-refractivity contribution in [2.45, 2.75) is 90.0 Å². The first-order chi connectivity index (χ1) is 11.5. The van der Waals surface area contributed by atoms with Gasteiger partial charge in [-0.25, -0.2) is 4.79 Å². The highest BCUT2D eigenvalue weighted by atomic mass is 32.2. The molecule has 0 aromatic heterocycles. The Morgan fingerprint density at radius 3 is 2.16 bits per heavy atom. The maximum atomic E-state index is 12.5. The van der Waals surface area contributed by atoms with Crippen molar-refractivity contribution >= 4 is 17.5 Å². The van der Waals surface area contributed by atoms with Crippen molar-refractivity contribution in [1.29, 1.82) is 0 Å². The number of nitrogens with one attached hydrogen (secondary N) is 1. The Morgan fingerprint density at radius 2 is 1.72 bits per heavy atom. The third kappa shape index (κ3) is 6.99. The van der Waals surface area contributed by atoms with Crippen LogP contribution in [0.4, 0.5) is 4.79 Å². The van der Waals surface area contributed by atoms with E-state index < -0.39 is 17.0 Å². The molecule has 1 saturated heterocycles. The zero-order valence-corrected chi connectivity index (χ0v) is 17.6. The summed E-state index contributed by atoms with van der Waals surface area (Å²) in [6, 6.07) is 0.345. The topological polar surface area (TPSA) is 64.6 Å². The molecule has 1 N–H and O–H groups in total. The first-order valence-corrected chi connectivity index (χ1v) is 10.8. The average Bonchev–Trinajstić information content (AvgIpc) is 3.29. The molecular formula is C19H36N2O3S. The molecule has 2 atom stereocenters. The van der Waals surface area contributed by atoms with E-state index in [0.29, 0.717) is 17.9 Å². The third-order valence-electron chi connectivity index (χ3n) is 4.86. The smallest absolute Gasteiger partial charge is 0.410 e. The number of likely N-dealkylation sites (tertiary alicyclic amines) is 1. The second-order valence-electron chi connectivity index (χ2n) is 9.59. The van der Waals surface area contributed by atoms with Gasteiger partial charge in [0.2, 0.25) is 0 Å². The van der Waals surface area contributed by atoms with Crippen molar-refractivity contribution in [3.05, 3.63) is 0 Å². The minimum Gasteiger partial charge on any atom is -0.598 e. The van der Waals surface area contributed by atoms with E-state index in [1.807, 2.05) is 46.4 Å². The van der Waals surface area contributed by atoms with Gasteiger partial charge in [0.25, 0.3) is 0 Å². The van der Waals surface area contributed by atoms with Crippen LogP contribution >= 0.6 is 0 Å². The average molecular weight is 373 g/mol. The number of rotatable bonds is 5. The Labute approximate surface area is 156 Å². The summed E-state index contributed by atoms with van der Waals surface area (Å²) in [5, 5.41) is 0. The van der Waals surface area contributed by atoms with Crippen LogP contribution in [-0.2, 0) is 16.1 Å². The molecule has 146 valence electrons. The molecule has 1 heterocycles. The molecule has 0 radical (unpaired) electrons. The zero-order valence-electron chi connectivity index (χ0n) is 16.8. The van der Waals surface area contributed by atoms with E-state index in [9.17, 15) is 9.35 Å². The molecule has 25 heavy (non-hydrogen) atoms. The van der Waals surface area contributed by atoms with Crippen molar-refractivity contribution in [1.82, 2.24) is 9.62 Å². The van der Waals surface area contributed by atoms with Gasteiger partial charge in [-0.05, 0) is 85.5 Å². The lowest BCUT2D eigenvalue weighted by atomic mass is 9.89. The van der Waals surface area contributed by atoms with Crippen LogP contribution in [0.1, 0.15) is 73.6 Å². The van der Waals surface area contributed by atoms with Crippen LogP contribution in [0.5, 0.6) is 0 Å². The number of nitrogens with zero attached hydrogens (tertiary/aromatic N) is 1. The van der Waals surface area contributed by atoms with Crippen molar-refractivity contribution in [3.63, 3.8) is 0 Å². The van der Waals surface area contributed by atoms with Crippen LogP contribution in [0, 0.1) is 11.8 Å². The van der Waals surface area contributed by atoms with Crippen molar-refractivity contribution < 1.29 is 14.1 Å². The van der Waals surface area contributed by atoms with Gasteiger partial charge in [0.1, 0.15) is 10.3 Å². The highest BCUT2D eigenvalue weighted by Gasteiger charge is 2.39. The molecule has 0 bridgehead atoms. The van der Waals surface area contributed by atoms with Gasteiger partial charge >= 0.3 is 6.09 Å². The van der Waals surface area contributed by atoms with E-state index in [1.54, 1.807) is 0 Å². The van der Waals surface area contributed by atoms with Gasteiger partial charge in [0.05, 0.1) is 6.04 Å². The molecule has 1 saturated carbocycles. The van der Waals surface area contributed by atoms with Gasteiger partial charge in [-0.15, -0.1) is 4.72 Å². The minimum atomic E-state index is -1.01. The van der Waals surface area contributed by atoms with Crippen LogP contribution in [0.15, 0.2) is 0 Å². The van der Waals surface area contributed by atoms with Crippen molar-refractivity contribution in [2.75, 3.05) is 13.1 Å². The van der Waals surface area contributed by atoms with Gasteiger partial charge < -0.3 is 14.2 Å². The molecule has 2 rings (SSSR count). The summed E-state index contributed by atoms with van der Waals surface area (Å²) in [6.07, 6.45) is 5.37. The molecule has 1 unspecified atom stereocenters. The van der Waals surface area contributed by atoms with E-state index >= 15 is 0 Å². The molecule has 0 aromatic rings. The quantitative estimate of drug-likeness (QED) is 0.745. The van der Waals surface area contributed by atoms with Gasteiger partial charge in [-0.3, -0.25) is 0 Å². The van der Waals surface area contributed by atoms with Crippen molar-refractivity contribution in [2.24, 2.45) is 11.8 Å². The first kappa shape index (κ1) is 20.8. The van der Waals surface area contributed by atoms with Gasteiger partial charge in [-0.1, -0.05) is 0 Å². The standard InChI is InChI=1S/C19H36N2O3S/c1-18(2,3)24-17(22)21-11-9-14(10-12-21)13-16(15-7-8-15)20-25(23)19(4,5)6/h14-16,20H,7-13H2,1-6H3/t16?,25-/m0/s1. The molecule has 0 spiro atoms. The van der Waals surface area contributed by atoms with Gasteiger partial charge in [0, 0.05) is 24.5 Å². The molecule has 0 aromatic carbocycles. The molecule has 2 fully saturated rings. The first-order valence-electron chi connectivity index (χ1n) is 9.61. The van der Waals surface area contributed by atoms with E-state index in [4.69, 9.17) is 4.74 Å². The Bertz CT molecular complexity index is 447. The fraction of sp³-hybridized carbons (Fsp3) is 0.947. The fourth-order valence-electron chi connectivity index (χ4n) is 3.19. The van der Waals surface area contributed by atoms with Crippen LogP contribution in [0.25, 0.3) is 0 Å². The molecule has 1 aliphatic carbocycles. The number of amides is 1. The predicted octanol–water partition coefficient (Wildman–Crippen LogP) is 3.85. The Balaban J connectivity index is 1.80. The largest absolute Gasteiger partial charge is 0.598 e. The maximum Gasteiger partial charge on any atom is 0.410 e. The second kappa shape index (κ2) is 8.05. The number of carbonyl (C=O) groups is 1. The number of ether oxygens (including phenoxy) is 1. The Kier molecular flexibility index (Phi) is 6.71. The minimum absolute atomic E-state index is 0.198. The van der Waals surface area contributed by atoms with Crippen LogP contribution in [-0.4, -0.2) is 45.0 Å². The van der Waals surface area contributed by atoms with Crippen LogP contribution in [0.2, 0.25) is 0 Å². The summed E-state index contributed by atoms with van der Waals surface area (Å²) in [5.41, 5.74) is -0.439. The highest BCUT2D eigenvalue weighted by molar-refractivity contribution is 7.90. The predicted molar refractivity (Wildman–Crippen MR) is 103 cm³/mol. The summed E-state index contributed by atoms with van der Waals surface area (Å²) < 4.78 is 21.1. The molecule has 6 heteroatoms. The number of hydrogen-bond acceptors (Lipinski definition) is 4. The lowest BCUT2D eigenvalue weighted by Crippen LogP contribution is -2.47. The van der Waals surface area contributed by atoms with E-state index in [2.05, 4.69) is 4.72 Å². The van der Waals surface area contributed by atoms with E-state index in [0.717, 1.165) is 32.4 Å². The lowest BCUT2D eigenvalue weighted by molar-refractivity contribution is 0.0178. The normalized spacial score (nSPS) is 22.6. The lowest BCUT2D eigenvalue weighted by Gasteiger charge is -2.35. The third-order valence-corrected chi connectivity index (χ3v) is 6.49. The zero-order chi connectivity index (χ0) is 18.8. The summed E-state index contributed by atoms with van der Waals surface area (Å²) in [4.78, 5) is 14.0. The van der Waals surface area contributed by atoms with Crippen LogP contribution < -0.4 is 4.72 Å². The fourth-order valence-corrected chi connectivity index (χ4v) is 4.10. The van der Waals surface area contributed by atoms with Crippen LogP contribution in [0.3, 0.4) is 0 Å². The number of piperidine rings is 1. The Hall–Kier alpha value is -0.460. The molecule has 1 aliphatic heterocycles. The summed E-state index contributed by atoms with van der Waals surface area (Å²) in [5.74, 6) is 1.27. The SMILES string of the molecule is CC(C)(C)OC(=O)N1CCC(CC(N[S@@+]([O-])C(C)(C)C)C2CC2)CC1. The van der Waals surface area contributed by atoms with Gasteiger partial charge in [0.15, 0.2) is 0 Å². The second-order valence-corrected chi connectivity index (χ2v) is 11.6. The molecule has 2 aliphatic rings. The monoisotopic (exact) mass is 372 g/mol. The number of carbonyl (C=O) groups excluding carboxylic acids is 1. The highest BCUT2D eigenvalue weighted by Crippen LogP contribution is 2.38. The van der Waals surface area contributed by atoms with Gasteiger partial charge in [-0.2, -0.15) is 0 Å². The molecular weight excluding hydrogens is 336 g/mol. The maximum absolute atomic E-state index is 12.5.